The van der Waals surface area contributed by atoms with Gasteiger partial charge in [0, 0.05) is 18.4 Å². The van der Waals surface area contributed by atoms with E-state index in [0.29, 0.717) is 30.1 Å². The summed E-state index contributed by atoms with van der Waals surface area (Å²) in [6.45, 7) is 3.73. The van der Waals surface area contributed by atoms with E-state index >= 15 is 0 Å². The third-order valence-electron chi connectivity index (χ3n) is 3.73. The van der Waals surface area contributed by atoms with E-state index in [1.807, 2.05) is 32.1 Å². The lowest BCUT2D eigenvalue weighted by atomic mass is 9.97. The van der Waals surface area contributed by atoms with Gasteiger partial charge < -0.3 is 19.9 Å². The first-order chi connectivity index (χ1) is 11.8. The second kappa shape index (κ2) is 10.1. The lowest BCUT2D eigenvalue weighted by Crippen LogP contribution is -2.34. The van der Waals surface area contributed by atoms with Crippen molar-refractivity contribution in [3.63, 3.8) is 0 Å². The van der Waals surface area contributed by atoms with Crippen molar-refractivity contribution >= 4 is 5.78 Å². The highest BCUT2D eigenvalue weighted by Gasteiger charge is 2.15. The number of carbonyl (C=O) groups excluding carboxylic acids is 1. The van der Waals surface area contributed by atoms with Gasteiger partial charge in [0.1, 0.15) is 5.78 Å². The molecule has 0 bridgehead atoms. The number of methoxy groups -OCH3 is 3. The Bertz CT molecular complexity index is 563. The van der Waals surface area contributed by atoms with Gasteiger partial charge >= 0.3 is 0 Å². The molecule has 1 aromatic carbocycles. The number of Topliss-reactive ketones (excluding diaryl/α,β-unsaturated/α-hetero) is 1. The Kier molecular flexibility index (Phi) is 8.49. The van der Waals surface area contributed by atoms with Crippen molar-refractivity contribution in [1.29, 1.82) is 0 Å². The fraction of sp³-hybridized carbons (Fsp3) is 0.550. The molecule has 5 heteroatoms. The number of aryl methyl sites for hydroxylation is 1. The smallest absolute Gasteiger partial charge is 0.203 e. The van der Waals surface area contributed by atoms with Crippen LogP contribution in [-0.4, -0.2) is 32.7 Å². The molecule has 0 spiro atoms. The molecule has 0 fully saturated rings. The van der Waals surface area contributed by atoms with Gasteiger partial charge in [-0.1, -0.05) is 12.2 Å². The van der Waals surface area contributed by atoms with E-state index in [1.165, 1.54) is 0 Å². The first-order valence-corrected chi connectivity index (χ1v) is 8.55. The molecule has 0 aliphatic carbocycles. The molecule has 0 heterocycles. The number of nitrogens with two attached hydrogens (primary N) is 1. The number of unbranched alkanes of at least 4 members (excludes halogenated alkanes) is 1. The molecular formula is C20H31NO4. The van der Waals surface area contributed by atoms with Crippen LogP contribution in [0, 0.1) is 0 Å². The maximum atomic E-state index is 11.7. The van der Waals surface area contributed by atoms with Crippen LogP contribution >= 0.6 is 0 Å². The molecule has 0 saturated carbocycles. The van der Waals surface area contributed by atoms with Crippen LogP contribution in [0.4, 0.5) is 0 Å². The molecule has 25 heavy (non-hydrogen) atoms. The Hall–Kier alpha value is -2.01. The van der Waals surface area contributed by atoms with Crippen LogP contribution < -0.4 is 19.9 Å². The maximum absolute atomic E-state index is 11.7. The normalized spacial score (nSPS) is 11.6. The third-order valence-corrected chi connectivity index (χ3v) is 3.73. The molecule has 0 radical (unpaired) electrons. The van der Waals surface area contributed by atoms with Crippen LogP contribution in [0.2, 0.25) is 0 Å². The van der Waals surface area contributed by atoms with Gasteiger partial charge in [-0.05, 0) is 50.8 Å². The number of allylic oxidation sites excluding steroid dienone is 2. The maximum Gasteiger partial charge on any atom is 0.203 e. The van der Waals surface area contributed by atoms with Gasteiger partial charge in [-0.25, -0.2) is 0 Å². The fourth-order valence-electron chi connectivity index (χ4n) is 2.62. The predicted molar refractivity (Wildman–Crippen MR) is 101 cm³/mol. The standard InChI is InChI=1S/C20H31NO4/c1-20(2,21)14-16(22)11-9-7-6-8-10-15-12-17(23-3)19(25-5)18(13-15)24-4/h7,9,12-13H,6,8,10-11,14,21H2,1-5H3/b9-7+. The van der Waals surface area contributed by atoms with E-state index in [2.05, 4.69) is 6.08 Å². The third kappa shape index (κ3) is 7.61. The summed E-state index contributed by atoms with van der Waals surface area (Å²) in [5.41, 5.74) is 6.54. The van der Waals surface area contributed by atoms with Crippen molar-refractivity contribution in [2.75, 3.05) is 21.3 Å². The Morgan fingerprint density at radius 3 is 2.16 bits per heavy atom. The van der Waals surface area contributed by atoms with E-state index in [4.69, 9.17) is 19.9 Å². The number of hydrogen-bond acceptors (Lipinski definition) is 5. The first kappa shape index (κ1) is 21.0. The summed E-state index contributed by atoms with van der Waals surface area (Å²) in [6, 6.07) is 3.94. The molecule has 0 aliphatic rings. The Morgan fingerprint density at radius 2 is 1.68 bits per heavy atom. The van der Waals surface area contributed by atoms with Crippen LogP contribution in [0.3, 0.4) is 0 Å². The van der Waals surface area contributed by atoms with E-state index in [1.54, 1.807) is 21.3 Å². The lowest BCUT2D eigenvalue weighted by molar-refractivity contribution is -0.119. The molecular weight excluding hydrogens is 318 g/mol. The summed E-state index contributed by atoms with van der Waals surface area (Å²) in [5.74, 6) is 2.12. The molecule has 0 saturated heterocycles. The molecule has 1 aromatic rings. The highest BCUT2D eigenvalue weighted by atomic mass is 16.5. The molecule has 0 unspecified atom stereocenters. The number of ether oxygens (including phenoxy) is 3. The quantitative estimate of drug-likeness (QED) is 0.487. The zero-order valence-electron chi connectivity index (χ0n) is 16.1. The van der Waals surface area contributed by atoms with Crippen LogP contribution in [0.1, 0.15) is 45.1 Å². The van der Waals surface area contributed by atoms with Crippen molar-refractivity contribution < 1.29 is 19.0 Å². The van der Waals surface area contributed by atoms with Gasteiger partial charge in [-0.15, -0.1) is 0 Å². The topological polar surface area (TPSA) is 70.8 Å². The monoisotopic (exact) mass is 349 g/mol. The van der Waals surface area contributed by atoms with Gasteiger partial charge in [0.25, 0.3) is 0 Å². The second-order valence-electron chi connectivity index (χ2n) is 6.81. The van der Waals surface area contributed by atoms with E-state index < -0.39 is 5.54 Å². The molecule has 0 amide bonds. The molecule has 1 rings (SSSR count). The van der Waals surface area contributed by atoms with Gasteiger partial charge in [0.15, 0.2) is 11.5 Å². The van der Waals surface area contributed by atoms with Crippen molar-refractivity contribution in [1.82, 2.24) is 0 Å². The molecule has 0 aromatic heterocycles. The van der Waals surface area contributed by atoms with Crippen LogP contribution in [0.15, 0.2) is 24.3 Å². The van der Waals surface area contributed by atoms with Crippen LogP contribution in [-0.2, 0) is 11.2 Å². The summed E-state index contributed by atoms with van der Waals surface area (Å²) >= 11 is 0. The van der Waals surface area contributed by atoms with Crippen molar-refractivity contribution in [3.05, 3.63) is 29.8 Å². The molecule has 0 atom stereocenters. The number of hydrogen-bond donors (Lipinski definition) is 1. The minimum absolute atomic E-state index is 0.174. The van der Waals surface area contributed by atoms with Crippen molar-refractivity contribution in [2.45, 2.75) is 51.5 Å². The van der Waals surface area contributed by atoms with Gasteiger partial charge in [0.05, 0.1) is 21.3 Å². The number of benzene rings is 1. The lowest BCUT2D eigenvalue weighted by Gasteiger charge is -2.16. The van der Waals surface area contributed by atoms with Crippen molar-refractivity contribution in [3.8, 4) is 17.2 Å². The summed E-state index contributed by atoms with van der Waals surface area (Å²) in [5, 5.41) is 0. The van der Waals surface area contributed by atoms with Crippen molar-refractivity contribution in [2.24, 2.45) is 5.73 Å². The predicted octanol–water partition coefficient (Wildman–Crippen LogP) is 3.68. The Morgan fingerprint density at radius 1 is 1.08 bits per heavy atom. The largest absolute Gasteiger partial charge is 0.493 e. The Labute approximate surface area is 151 Å². The zero-order chi connectivity index (χ0) is 18.9. The van der Waals surface area contributed by atoms with Gasteiger partial charge in [-0.3, -0.25) is 4.79 Å². The number of ketones is 1. The minimum Gasteiger partial charge on any atom is -0.493 e. The Balaban J connectivity index is 2.49. The summed E-state index contributed by atoms with van der Waals surface area (Å²) < 4.78 is 16.1. The SMILES string of the molecule is COc1cc(CCC/C=C/CC(=O)CC(C)(C)N)cc(OC)c1OC. The highest BCUT2D eigenvalue weighted by molar-refractivity contribution is 5.80. The fourth-order valence-corrected chi connectivity index (χ4v) is 2.62. The van der Waals surface area contributed by atoms with E-state index in [9.17, 15) is 4.79 Å². The molecule has 140 valence electrons. The average molecular weight is 349 g/mol. The summed E-state index contributed by atoms with van der Waals surface area (Å²) in [6.07, 6.45) is 7.63. The molecule has 5 nitrogen and oxygen atoms in total. The van der Waals surface area contributed by atoms with E-state index in [0.717, 1.165) is 24.8 Å². The van der Waals surface area contributed by atoms with Crippen LogP contribution in [0.5, 0.6) is 17.2 Å². The minimum atomic E-state index is -0.433. The van der Waals surface area contributed by atoms with Gasteiger partial charge in [-0.2, -0.15) is 0 Å². The first-order valence-electron chi connectivity index (χ1n) is 8.55. The highest BCUT2D eigenvalue weighted by Crippen LogP contribution is 2.38. The average Bonchev–Trinajstić information content (AvgIpc) is 2.55. The number of rotatable bonds is 11. The number of carbonyl (C=O) groups is 1. The molecule has 0 aliphatic heterocycles. The second-order valence-corrected chi connectivity index (χ2v) is 6.81. The zero-order valence-corrected chi connectivity index (χ0v) is 16.1. The van der Waals surface area contributed by atoms with Gasteiger partial charge in [0.2, 0.25) is 5.75 Å². The van der Waals surface area contributed by atoms with E-state index in [-0.39, 0.29) is 5.78 Å². The molecule has 2 N–H and O–H groups in total. The van der Waals surface area contributed by atoms with Crippen LogP contribution in [0.25, 0.3) is 0 Å². The summed E-state index contributed by atoms with van der Waals surface area (Å²) in [7, 11) is 4.82. The summed E-state index contributed by atoms with van der Waals surface area (Å²) in [4.78, 5) is 11.7.